The van der Waals surface area contributed by atoms with Gasteiger partial charge in [0.15, 0.2) is 5.78 Å². The summed E-state index contributed by atoms with van der Waals surface area (Å²) >= 11 is 0. The van der Waals surface area contributed by atoms with Crippen LogP contribution in [-0.4, -0.2) is 18.4 Å². The Hall–Kier alpha value is -1.64. The van der Waals surface area contributed by atoms with Gasteiger partial charge < -0.3 is 4.74 Å². The Morgan fingerprint density at radius 1 is 1.28 bits per heavy atom. The van der Waals surface area contributed by atoms with Crippen molar-refractivity contribution >= 4 is 11.8 Å². The first-order valence-corrected chi connectivity index (χ1v) is 6.33. The molecule has 98 valence electrons. The van der Waals surface area contributed by atoms with Crippen molar-refractivity contribution in [1.29, 1.82) is 0 Å². The van der Waals surface area contributed by atoms with Crippen LogP contribution < -0.4 is 0 Å². The molecule has 1 atom stereocenters. The first-order valence-electron chi connectivity index (χ1n) is 6.33. The van der Waals surface area contributed by atoms with Crippen molar-refractivity contribution in [2.45, 2.75) is 33.6 Å². The highest BCUT2D eigenvalue weighted by molar-refractivity contribution is 5.99. The number of ether oxygens (including phenoxy) is 1. The van der Waals surface area contributed by atoms with Crippen molar-refractivity contribution in [2.24, 2.45) is 5.92 Å². The van der Waals surface area contributed by atoms with Crippen molar-refractivity contribution in [2.75, 3.05) is 6.61 Å². The third-order valence-corrected chi connectivity index (χ3v) is 2.83. The van der Waals surface area contributed by atoms with Gasteiger partial charge in [-0.25, -0.2) is 0 Å². The zero-order valence-electron chi connectivity index (χ0n) is 11.2. The molecule has 3 heteroatoms. The van der Waals surface area contributed by atoms with Gasteiger partial charge in [0.05, 0.1) is 6.61 Å². The molecule has 0 aliphatic rings. The van der Waals surface area contributed by atoms with Crippen LogP contribution in [0.2, 0.25) is 0 Å². The Kier molecular flexibility index (Phi) is 5.56. The number of aryl methyl sites for hydroxylation is 1. The summed E-state index contributed by atoms with van der Waals surface area (Å²) in [7, 11) is 0. The molecule has 0 amide bonds. The molecule has 0 saturated heterocycles. The fourth-order valence-corrected chi connectivity index (χ4v) is 1.92. The molecule has 1 aromatic rings. The van der Waals surface area contributed by atoms with E-state index in [2.05, 4.69) is 0 Å². The van der Waals surface area contributed by atoms with E-state index in [1.165, 1.54) is 0 Å². The molecule has 0 N–H and O–H groups in total. The minimum absolute atomic E-state index is 0.0680. The number of rotatable bonds is 6. The number of benzene rings is 1. The van der Waals surface area contributed by atoms with Gasteiger partial charge in [0, 0.05) is 6.42 Å². The number of Topliss-reactive ketones (excluding diaryl/α,β-unsaturated/α-hetero) is 1. The molecular formula is C15H20O3. The second-order valence-corrected chi connectivity index (χ2v) is 4.35. The average Bonchev–Trinajstić information content (AvgIpc) is 2.30. The standard InChI is InChI=1S/C15H20O3/c1-4-13(15(17)18-5-2)14(16)10-12-8-6-7-11(3)9-12/h6-9,13H,4-5,10H2,1-3H3. The van der Waals surface area contributed by atoms with Crippen molar-refractivity contribution in [3.8, 4) is 0 Å². The molecule has 0 spiro atoms. The van der Waals surface area contributed by atoms with Gasteiger partial charge in [-0.15, -0.1) is 0 Å². The van der Waals surface area contributed by atoms with Gasteiger partial charge in [0.1, 0.15) is 5.92 Å². The molecule has 1 aromatic carbocycles. The van der Waals surface area contributed by atoms with E-state index >= 15 is 0 Å². The Balaban J connectivity index is 2.71. The number of esters is 1. The maximum atomic E-state index is 12.1. The maximum absolute atomic E-state index is 12.1. The van der Waals surface area contributed by atoms with E-state index in [9.17, 15) is 9.59 Å². The third-order valence-electron chi connectivity index (χ3n) is 2.83. The molecule has 0 saturated carbocycles. The molecule has 0 aromatic heterocycles. The fraction of sp³-hybridized carbons (Fsp3) is 0.467. The SMILES string of the molecule is CCOC(=O)C(CC)C(=O)Cc1cccc(C)c1. The highest BCUT2D eigenvalue weighted by Gasteiger charge is 2.25. The first-order chi connectivity index (χ1) is 8.58. The molecular weight excluding hydrogens is 228 g/mol. The topological polar surface area (TPSA) is 43.4 Å². The number of ketones is 1. The Morgan fingerprint density at radius 3 is 2.56 bits per heavy atom. The van der Waals surface area contributed by atoms with Crippen molar-refractivity contribution < 1.29 is 14.3 Å². The van der Waals surface area contributed by atoms with Crippen LogP contribution in [0, 0.1) is 12.8 Å². The van der Waals surface area contributed by atoms with E-state index in [0.717, 1.165) is 11.1 Å². The van der Waals surface area contributed by atoms with Gasteiger partial charge >= 0.3 is 5.97 Å². The molecule has 0 fully saturated rings. The van der Waals surface area contributed by atoms with E-state index in [4.69, 9.17) is 4.74 Å². The van der Waals surface area contributed by atoms with Crippen LogP contribution in [0.25, 0.3) is 0 Å². The molecule has 0 heterocycles. The van der Waals surface area contributed by atoms with E-state index in [1.54, 1.807) is 6.92 Å². The first kappa shape index (κ1) is 14.4. The molecule has 18 heavy (non-hydrogen) atoms. The van der Waals surface area contributed by atoms with Gasteiger partial charge in [-0.3, -0.25) is 9.59 Å². The number of hydrogen-bond acceptors (Lipinski definition) is 3. The van der Waals surface area contributed by atoms with Crippen LogP contribution in [0.3, 0.4) is 0 Å². The summed E-state index contributed by atoms with van der Waals surface area (Å²) in [5.74, 6) is -1.11. The smallest absolute Gasteiger partial charge is 0.316 e. The summed E-state index contributed by atoms with van der Waals surface area (Å²) in [4.78, 5) is 23.7. The van der Waals surface area contributed by atoms with Crippen LogP contribution in [0.1, 0.15) is 31.4 Å². The minimum Gasteiger partial charge on any atom is -0.465 e. The van der Waals surface area contributed by atoms with Crippen LogP contribution in [0.4, 0.5) is 0 Å². The molecule has 0 bridgehead atoms. The summed E-state index contributed by atoms with van der Waals surface area (Å²) in [5, 5.41) is 0. The van der Waals surface area contributed by atoms with Crippen LogP contribution in [0.5, 0.6) is 0 Å². The number of hydrogen-bond donors (Lipinski definition) is 0. The van der Waals surface area contributed by atoms with Gasteiger partial charge in [-0.1, -0.05) is 36.8 Å². The van der Waals surface area contributed by atoms with E-state index in [1.807, 2.05) is 38.1 Å². The largest absolute Gasteiger partial charge is 0.465 e. The molecule has 0 radical (unpaired) electrons. The Morgan fingerprint density at radius 2 is 2.00 bits per heavy atom. The minimum atomic E-state index is -0.634. The van der Waals surface area contributed by atoms with Crippen molar-refractivity contribution in [3.63, 3.8) is 0 Å². The Labute approximate surface area is 108 Å². The van der Waals surface area contributed by atoms with Crippen molar-refractivity contribution in [1.82, 2.24) is 0 Å². The summed E-state index contributed by atoms with van der Waals surface area (Å²) in [5.41, 5.74) is 2.06. The predicted octanol–water partition coefficient (Wildman–Crippen LogP) is 2.70. The lowest BCUT2D eigenvalue weighted by Gasteiger charge is -2.12. The zero-order chi connectivity index (χ0) is 13.5. The van der Waals surface area contributed by atoms with Gasteiger partial charge in [0.2, 0.25) is 0 Å². The highest BCUT2D eigenvalue weighted by atomic mass is 16.5. The lowest BCUT2D eigenvalue weighted by atomic mass is 9.95. The van der Waals surface area contributed by atoms with Crippen LogP contribution in [0.15, 0.2) is 24.3 Å². The van der Waals surface area contributed by atoms with E-state index in [-0.39, 0.29) is 5.78 Å². The van der Waals surface area contributed by atoms with Gasteiger partial charge in [-0.2, -0.15) is 0 Å². The number of carbonyl (C=O) groups excluding carboxylic acids is 2. The third kappa shape index (κ3) is 3.99. The summed E-state index contributed by atoms with van der Waals surface area (Å²) < 4.78 is 4.92. The summed E-state index contributed by atoms with van der Waals surface area (Å²) in [6.45, 7) is 5.87. The number of carbonyl (C=O) groups is 2. The predicted molar refractivity (Wildman–Crippen MR) is 70.3 cm³/mol. The molecule has 1 rings (SSSR count). The van der Waals surface area contributed by atoms with Gasteiger partial charge in [0.25, 0.3) is 0 Å². The quantitative estimate of drug-likeness (QED) is 0.574. The fourth-order valence-electron chi connectivity index (χ4n) is 1.92. The second-order valence-electron chi connectivity index (χ2n) is 4.35. The van der Waals surface area contributed by atoms with Crippen molar-refractivity contribution in [3.05, 3.63) is 35.4 Å². The lowest BCUT2D eigenvalue weighted by molar-refractivity contribution is -0.151. The maximum Gasteiger partial charge on any atom is 0.316 e. The van der Waals surface area contributed by atoms with E-state index in [0.29, 0.717) is 19.4 Å². The lowest BCUT2D eigenvalue weighted by Crippen LogP contribution is -2.27. The molecule has 0 aliphatic heterocycles. The molecule has 1 unspecified atom stereocenters. The summed E-state index contributed by atoms with van der Waals surface area (Å²) in [6.07, 6.45) is 0.780. The van der Waals surface area contributed by atoms with Crippen LogP contribution in [-0.2, 0) is 20.7 Å². The normalized spacial score (nSPS) is 11.9. The highest BCUT2D eigenvalue weighted by Crippen LogP contribution is 2.13. The molecule has 0 aliphatic carbocycles. The zero-order valence-corrected chi connectivity index (χ0v) is 11.2. The van der Waals surface area contributed by atoms with Gasteiger partial charge in [-0.05, 0) is 25.8 Å². The monoisotopic (exact) mass is 248 g/mol. The van der Waals surface area contributed by atoms with E-state index < -0.39 is 11.9 Å². The van der Waals surface area contributed by atoms with Crippen LogP contribution >= 0.6 is 0 Å². The summed E-state index contributed by atoms with van der Waals surface area (Å²) in [6, 6.07) is 7.78. The average molecular weight is 248 g/mol. The Bertz CT molecular complexity index is 424. The molecule has 3 nitrogen and oxygen atoms in total. The second kappa shape index (κ2) is 6.94.